The summed E-state index contributed by atoms with van der Waals surface area (Å²) in [5.41, 5.74) is 2.92. The summed E-state index contributed by atoms with van der Waals surface area (Å²) in [4.78, 5) is 14.4. The van der Waals surface area contributed by atoms with Crippen LogP contribution in [0, 0.1) is 17.1 Å². The number of carbonyl (C=O) groups excluding carboxylic acids is 1. The summed E-state index contributed by atoms with van der Waals surface area (Å²) in [6.45, 7) is 17.8. The molecule has 6 nitrogen and oxygen atoms in total. The summed E-state index contributed by atoms with van der Waals surface area (Å²) >= 11 is 0. The van der Waals surface area contributed by atoms with Crippen LogP contribution >= 0.6 is 0 Å². The fourth-order valence-electron chi connectivity index (χ4n) is 4.03. The number of nitrogens with zero attached hydrogens (tertiary/aromatic N) is 2. The van der Waals surface area contributed by atoms with Crippen molar-refractivity contribution in [2.75, 3.05) is 6.54 Å². The predicted molar refractivity (Wildman–Crippen MR) is 167 cm³/mol. The topological polar surface area (TPSA) is 85.6 Å². The van der Waals surface area contributed by atoms with E-state index in [1.165, 1.54) is 17.7 Å². The summed E-state index contributed by atoms with van der Waals surface area (Å²) in [7, 11) is 0. The van der Waals surface area contributed by atoms with Gasteiger partial charge in [-0.2, -0.15) is 5.26 Å². The molecule has 0 aliphatic carbocycles. The van der Waals surface area contributed by atoms with E-state index in [9.17, 15) is 14.3 Å². The van der Waals surface area contributed by atoms with E-state index in [1.807, 2.05) is 96.2 Å². The van der Waals surface area contributed by atoms with Crippen LogP contribution in [0.15, 0.2) is 85.0 Å². The molecule has 2 aromatic carbocycles. The molecule has 2 N–H and O–H groups in total. The first kappa shape index (κ1) is 37.3. The van der Waals surface area contributed by atoms with Crippen molar-refractivity contribution >= 4 is 6.03 Å². The number of hydrogen-bond donors (Lipinski definition) is 2. The third kappa shape index (κ3) is 14.5. The Bertz CT molecular complexity index is 1120. The van der Waals surface area contributed by atoms with Crippen molar-refractivity contribution < 1.29 is 19.0 Å². The fraction of sp³-hybridized carbons (Fsp3) is 0.412. The number of carbonyl (C=O) groups is 1. The van der Waals surface area contributed by atoms with Crippen molar-refractivity contribution in [1.82, 2.24) is 10.2 Å². The Hall–Kier alpha value is -3.73. The Labute approximate surface area is 246 Å². The molecule has 3 atom stereocenters. The molecule has 1 aliphatic heterocycles. The van der Waals surface area contributed by atoms with Gasteiger partial charge in [0.2, 0.25) is 0 Å². The van der Waals surface area contributed by atoms with Crippen LogP contribution in [0.4, 0.5) is 9.18 Å². The zero-order chi connectivity index (χ0) is 31.2. The molecule has 0 aromatic heterocycles. The molecule has 0 spiro atoms. The largest absolute Gasteiger partial charge is 0.368 e. The van der Waals surface area contributed by atoms with Crippen LogP contribution in [0.25, 0.3) is 0 Å². The van der Waals surface area contributed by atoms with Crippen molar-refractivity contribution in [1.29, 1.82) is 5.26 Å². The molecule has 3 rings (SSSR count). The minimum atomic E-state index is -0.947. The highest BCUT2D eigenvalue weighted by Crippen LogP contribution is 2.19. The number of amides is 2. The lowest BCUT2D eigenvalue weighted by Crippen LogP contribution is -2.47. The second kappa shape index (κ2) is 22.0. The first-order valence-electron chi connectivity index (χ1n) is 14.3. The third-order valence-electron chi connectivity index (χ3n) is 5.73. The van der Waals surface area contributed by atoms with Gasteiger partial charge in [0, 0.05) is 13.1 Å². The Morgan fingerprint density at radius 2 is 1.88 bits per heavy atom. The summed E-state index contributed by atoms with van der Waals surface area (Å²) in [5, 5.41) is 21.7. The number of nitrogens with one attached hydrogen (secondary N) is 1. The highest BCUT2D eigenvalue weighted by molar-refractivity contribution is 5.75. The van der Waals surface area contributed by atoms with Gasteiger partial charge in [-0.15, -0.1) is 0 Å². The average molecular weight is 566 g/mol. The molecule has 1 heterocycles. The SMILES string of the molecule is C=C/C=C(C)\C=C/C.CC.CC.CC(O)OC1CCN(Cc2ccc(F)c(C#N)c2)C(=O)NC1Cc1ccccc1. The summed E-state index contributed by atoms with van der Waals surface area (Å²) in [5.74, 6) is -0.579. The summed E-state index contributed by atoms with van der Waals surface area (Å²) in [6.07, 6.45) is 7.62. The van der Waals surface area contributed by atoms with Gasteiger partial charge in [-0.3, -0.25) is 0 Å². The van der Waals surface area contributed by atoms with Gasteiger partial charge in [-0.25, -0.2) is 9.18 Å². The van der Waals surface area contributed by atoms with E-state index >= 15 is 0 Å². The number of halogens is 1. The van der Waals surface area contributed by atoms with E-state index in [4.69, 9.17) is 10.00 Å². The minimum absolute atomic E-state index is 0.0463. The second-order valence-electron chi connectivity index (χ2n) is 8.80. The third-order valence-corrected chi connectivity index (χ3v) is 5.73. The number of rotatable bonds is 8. The monoisotopic (exact) mass is 565 g/mol. The number of nitriles is 1. The van der Waals surface area contributed by atoms with Crippen molar-refractivity contribution in [2.45, 2.75) is 86.3 Å². The van der Waals surface area contributed by atoms with Crippen LogP contribution in [0.1, 0.15) is 71.6 Å². The number of benzene rings is 2. The first-order chi connectivity index (χ1) is 19.8. The molecule has 1 fully saturated rings. The van der Waals surface area contributed by atoms with E-state index < -0.39 is 12.1 Å². The Morgan fingerprint density at radius 3 is 2.44 bits per heavy atom. The highest BCUT2D eigenvalue weighted by Gasteiger charge is 2.32. The molecular formula is C34H48FN3O3. The number of allylic oxidation sites excluding steroid dienone is 5. The van der Waals surface area contributed by atoms with Gasteiger partial charge < -0.3 is 20.1 Å². The average Bonchev–Trinajstić information content (AvgIpc) is 3.11. The van der Waals surface area contributed by atoms with E-state index in [-0.39, 0.29) is 30.3 Å². The molecule has 0 bridgehead atoms. The number of urea groups is 1. The molecule has 7 heteroatoms. The zero-order valence-corrected chi connectivity index (χ0v) is 25.7. The maximum Gasteiger partial charge on any atom is 0.318 e. The lowest BCUT2D eigenvalue weighted by molar-refractivity contribution is -0.133. The Balaban J connectivity index is 0.00000114. The van der Waals surface area contributed by atoms with Crippen molar-refractivity contribution in [3.63, 3.8) is 0 Å². The van der Waals surface area contributed by atoms with E-state index in [1.54, 1.807) is 24.0 Å². The van der Waals surface area contributed by atoms with Gasteiger partial charge in [0.15, 0.2) is 6.29 Å². The molecular weight excluding hydrogens is 517 g/mol. The molecule has 2 aromatic rings. The molecule has 224 valence electrons. The Kier molecular flexibility index (Phi) is 20.0. The smallest absolute Gasteiger partial charge is 0.318 e. The summed E-state index contributed by atoms with van der Waals surface area (Å²) < 4.78 is 19.2. The molecule has 1 saturated heterocycles. The summed E-state index contributed by atoms with van der Waals surface area (Å²) in [6, 6.07) is 15.3. The number of ether oxygens (including phenoxy) is 1. The number of aliphatic hydroxyl groups is 1. The van der Waals surface area contributed by atoms with E-state index in [0.717, 1.165) is 5.56 Å². The highest BCUT2D eigenvalue weighted by atomic mass is 19.1. The molecule has 0 saturated carbocycles. The molecule has 41 heavy (non-hydrogen) atoms. The first-order valence-corrected chi connectivity index (χ1v) is 14.3. The van der Waals surface area contributed by atoms with Crippen LogP contribution < -0.4 is 5.32 Å². The zero-order valence-electron chi connectivity index (χ0n) is 25.7. The second-order valence-corrected chi connectivity index (χ2v) is 8.80. The van der Waals surface area contributed by atoms with Crippen LogP contribution in [-0.2, 0) is 17.7 Å². The predicted octanol–water partition coefficient (Wildman–Crippen LogP) is 7.69. The molecule has 2 amide bonds. The van der Waals surface area contributed by atoms with Crippen LogP contribution in [-0.4, -0.2) is 41.0 Å². The van der Waals surface area contributed by atoms with Gasteiger partial charge in [-0.05, 0) is 56.9 Å². The van der Waals surface area contributed by atoms with Gasteiger partial charge in [0.1, 0.15) is 11.9 Å². The quantitative estimate of drug-likeness (QED) is 0.254. The lowest BCUT2D eigenvalue weighted by Gasteiger charge is -2.26. The van der Waals surface area contributed by atoms with Gasteiger partial charge >= 0.3 is 6.03 Å². The van der Waals surface area contributed by atoms with Crippen LogP contribution in [0.3, 0.4) is 0 Å². The van der Waals surface area contributed by atoms with Gasteiger partial charge in [0.25, 0.3) is 0 Å². The molecule has 3 unspecified atom stereocenters. The van der Waals surface area contributed by atoms with Crippen molar-refractivity contribution in [3.05, 3.63) is 107 Å². The lowest BCUT2D eigenvalue weighted by atomic mass is 9.99. The fourth-order valence-corrected chi connectivity index (χ4v) is 4.03. The minimum Gasteiger partial charge on any atom is -0.368 e. The van der Waals surface area contributed by atoms with E-state index in [2.05, 4.69) is 11.9 Å². The number of aliphatic hydroxyl groups excluding tert-OH is 1. The van der Waals surface area contributed by atoms with E-state index in [0.29, 0.717) is 24.9 Å². The maximum absolute atomic E-state index is 13.6. The van der Waals surface area contributed by atoms with Crippen molar-refractivity contribution in [2.24, 2.45) is 0 Å². The maximum atomic E-state index is 13.6. The normalized spacial score (nSPS) is 17.2. The number of hydrogen-bond acceptors (Lipinski definition) is 4. The van der Waals surface area contributed by atoms with Gasteiger partial charge in [-0.1, -0.05) is 101 Å². The van der Waals surface area contributed by atoms with Crippen LogP contribution in [0.5, 0.6) is 0 Å². The van der Waals surface area contributed by atoms with Gasteiger partial charge in [0.05, 0.1) is 17.7 Å². The Morgan fingerprint density at radius 1 is 1.22 bits per heavy atom. The van der Waals surface area contributed by atoms with Crippen molar-refractivity contribution in [3.8, 4) is 6.07 Å². The molecule has 0 radical (unpaired) electrons. The standard InChI is InChI=1S/C22H24FN3O3.C8H12.2C2H6/c1-15(27)29-21-9-10-26(14-17-7-8-19(23)18(11-17)13-24)22(28)25-20(21)12-16-5-3-2-4-6-16;1-4-6-8(3)7-5-2;2*1-2/h2-8,11,15,20-21,27H,9-10,12,14H2,1H3,(H,25,28);4-7H,1H2,2-3H3;2*1-2H3/b;7-5-,8-6-;;. The van der Waals surface area contributed by atoms with Crippen LogP contribution in [0.2, 0.25) is 0 Å². The molecule has 1 aliphatic rings.